The fraction of sp³-hybridized carbons (Fsp3) is 0.130. The zero-order valence-corrected chi connectivity index (χ0v) is 20.8. The van der Waals surface area contributed by atoms with E-state index in [1.54, 1.807) is 0 Å². The van der Waals surface area contributed by atoms with Crippen molar-refractivity contribution in [1.29, 1.82) is 0 Å². The lowest BCUT2D eigenvalue weighted by atomic mass is 9.90. The minimum absolute atomic E-state index is 0.122. The number of nitrogens with zero attached hydrogens (tertiary/aromatic N) is 1. The van der Waals surface area contributed by atoms with Gasteiger partial charge in [0.15, 0.2) is 5.11 Å². The van der Waals surface area contributed by atoms with Crippen molar-refractivity contribution in [3.05, 3.63) is 106 Å². The smallest absolute Gasteiger partial charge is 0.306 e. The maximum Gasteiger partial charge on any atom is 0.306 e. The van der Waals surface area contributed by atoms with Crippen LogP contribution < -0.4 is 16.0 Å². The van der Waals surface area contributed by atoms with Crippen LogP contribution >= 0.6 is 47.0 Å². The molecule has 0 fully saturated rings. The van der Waals surface area contributed by atoms with Crippen molar-refractivity contribution in [1.82, 2.24) is 10.6 Å². The van der Waals surface area contributed by atoms with Crippen LogP contribution in [0.5, 0.6) is 0 Å². The molecule has 12 heteroatoms. The zero-order chi connectivity index (χ0) is 25.6. The number of hydrogen-bond acceptors (Lipinski definition) is 4. The van der Waals surface area contributed by atoms with Gasteiger partial charge in [-0.25, -0.2) is 0 Å². The molecule has 0 unspecified atom stereocenters. The second-order valence-electron chi connectivity index (χ2n) is 7.26. The predicted octanol–water partition coefficient (Wildman–Crippen LogP) is 5.66. The van der Waals surface area contributed by atoms with Crippen molar-refractivity contribution in [2.75, 3.05) is 5.32 Å². The van der Waals surface area contributed by atoms with Gasteiger partial charge in [-0.05, 0) is 35.5 Å². The van der Waals surface area contributed by atoms with E-state index in [9.17, 15) is 19.3 Å². The van der Waals surface area contributed by atoms with Crippen LogP contribution in [0, 0.1) is 15.9 Å². The number of nitrogens with one attached hydrogen (secondary N) is 3. The Morgan fingerprint density at radius 1 is 0.943 bits per heavy atom. The monoisotopic (exact) mass is 554 g/mol. The number of carbonyl (C=O) groups is 1. The summed E-state index contributed by atoms with van der Waals surface area (Å²) in [7, 11) is 0. The third-order valence-electron chi connectivity index (χ3n) is 4.82. The van der Waals surface area contributed by atoms with E-state index in [-0.39, 0.29) is 10.8 Å². The molecule has 0 saturated carbocycles. The lowest BCUT2D eigenvalue weighted by molar-refractivity contribution is -0.387. The molecule has 0 saturated heterocycles. The first-order valence-electron chi connectivity index (χ1n) is 10.0. The van der Waals surface area contributed by atoms with Crippen molar-refractivity contribution in [2.24, 2.45) is 0 Å². The Bertz CT molecular complexity index is 1170. The first kappa shape index (κ1) is 26.6. The zero-order valence-electron chi connectivity index (χ0n) is 17.8. The molecule has 7 nitrogen and oxygen atoms in total. The van der Waals surface area contributed by atoms with Gasteiger partial charge in [0.1, 0.15) is 6.17 Å². The van der Waals surface area contributed by atoms with E-state index in [0.29, 0.717) is 0 Å². The van der Waals surface area contributed by atoms with Crippen LogP contribution in [0.25, 0.3) is 0 Å². The van der Waals surface area contributed by atoms with Gasteiger partial charge >= 0.3 is 5.69 Å². The van der Waals surface area contributed by atoms with Gasteiger partial charge in [0.05, 0.1) is 10.8 Å². The fourth-order valence-electron chi connectivity index (χ4n) is 3.24. The van der Waals surface area contributed by atoms with E-state index >= 15 is 0 Å². The third-order valence-corrected chi connectivity index (χ3v) is 5.69. The maximum absolute atomic E-state index is 13.6. The number of rotatable bonds is 7. The molecular weight excluding hydrogens is 538 g/mol. The van der Waals surface area contributed by atoms with Crippen molar-refractivity contribution in [3.63, 3.8) is 0 Å². The lowest BCUT2D eigenvalue weighted by Gasteiger charge is -2.29. The molecule has 1 atom stereocenters. The van der Waals surface area contributed by atoms with E-state index in [1.807, 2.05) is 60.7 Å². The molecule has 182 valence electrons. The number of nitro benzene ring substituents is 1. The first-order chi connectivity index (χ1) is 16.6. The molecular formula is C23H18Cl3FN4O3S. The normalized spacial score (nSPS) is 12.0. The fourth-order valence-corrected chi connectivity index (χ4v) is 3.80. The summed E-state index contributed by atoms with van der Waals surface area (Å²) in [4.78, 5) is 23.5. The second kappa shape index (κ2) is 11.6. The van der Waals surface area contributed by atoms with Crippen LogP contribution in [0.2, 0.25) is 0 Å². The number of nitro groups is 1. The minimum atomic E-state index is -2.03. The standard InChI is InChI=1S/C23H18Cl3FN4O3S/c24-23(25,26)21(30-22(35)28-16-11-12-17(27)18(13-16)31(33)34)29-20(32)19(14-7-3-1-4-8-14)15-9-5-2-6-10-15/h1-13,19,21H,(H,29,32)(H2,28,30,35)/t21-/m0/s1. The number of alkyl halides is 3. The topological polar surface area (TPSA) is 96.3 Å². The molecule has 1 amide bonds. The van der Waals surface area contributed by atoms with Crippen molar-refractivity contribution >= 4 is 69.4 Å². The van der Waals surface area contributed by atoms with Crippen molar-refractivity contribution in [3.8, 4) is 0 Å². The lowest BCUT2D eigenvalue weighted by Crippen LogP contribution is -2.57. The molecule has 0 aromatic heterocycles. The third kappa shape index (κ3) is 7.25. The molecule has 0 aliphatic heterocycles. The van der Waals surface area contributed by atoms with Crippen LogP contribution in [-0.4, -0.2) is 25.9 Å². The van der Waals surface area contributed by atoms with Gasteiger partial charge in [-0.1, -0.05) is 95.5 Å². The number of amides is 1. The minimum Gasteiger partial charge on any atom is -0.339 e. The Kier molecular flexibility index (Phi) is 8.85. The number of carbonyl (C=O) groups excluding carboxylic acids is 1. The first-order valence-corrected chi connectivity index (χ1v) is 11.6. The number of thiocarbonyl (C=S) groups is 1. The molecule has 0 radical (unpaired) electrons. The Balaban J connectivity index is 1.80. The highest BCUT2D eigenvalue weighted by molar-refractivity contribution is 7.80. The summed E-state index contributed by atoms with van der Waals surface area (Å²) in [5.41, 5.74) is 0.825. The van der Waals surface area contributed by atoms with E-state index in [0.717, 1.165) is 23.3 Å². The molecule has 3 aromatic rings. The van der Waals surface area contributed by atoms with Crippen LogP contribution in [0.3, 0.4) is 0 Å². The Morgan fingerprint density at radius 2 is 1.49 bits per heavy atom. The number of hydrogen-bond donors (Lipinski definition) is 3. The SMILES string of the molecule is O=C(N[C@@H](NC(=S)Nc1ccc(F)c([N+](=O)[O-])c1)C(Cl)(Cl)Cl)C(c1ccccc1)c1ccccc1. The summed E-state index contributed by atoms with van der Waals surface area (Å²) in [5, 5.41) is 18.9. The molecule has 0 spiro atoms. The quantitative estimate of drug-likeness (QED) is 0.114. The summed E-state index contributed by atoms with van der Waals surface area (Å²) in [6.07, 6.45) is -1.29. The molecule has 0 heterocycles. The van der Waals surface area contributed by atoms with Crippen LogP contribution in [0.15, 0.2) is 78.9 Å². The largest absolute Gasteiger partial charge is 0.339 e. The molecule has 3 aromatic carbocycles. The summed E-state index contributed by atoms with van der Waals surface area (Å²) >= 11 is 23.5. The Morgan fingerprint density at radius 3 is 1.97 bits per heavy atom. The number of halogens is 4. The van der Waals surface area contributed by atoms with Gasteiger partial charge in [-0.2, -0.15) is 4.39 Å². The molecule has 3 rings (SSSR count). The molecule has 35 heavy (non-hydrogen) atoms. The highest BCUT2D eigenvalue weighted by Crippen LogP contribution is 2.31. The van der Waals surface area contributed by atoms with E-state index in [1.165, 1.54) is 6.07 Å². The van der Waals surface area contributed by atoms with Gasteiger partial charge in [-0.3, -0.25) is 14.9 Å². The van der Waals surface area contributed by atoms with Gasteiger partial charge < -0.3 is 16.0 Å². The Hall–Kier alpha value is -2.98. The van der Waals surface area contributed by atoms with Gasteiger partial charge in [0.2, 0.25) is 15.5 Å². The summed E-state index contributed by atoms with van der Waals surface area (Å²) in [6, 6.07) is 21.3. The summed E-state index contributed by atoms with van der Waals surface area (Å²) < 4.78 is 11.6. The number of anilines is 1. The molecule has 0 bridgehead atoms. The summed E-state index contributed by atoms with van der Waals surface area (Å²) in [5.74, 6) is -2.18. The van der Waals surface area contributed by atoms with Crippen molar-refractivity contribution < 1.29 is 14.1 Å². The van der Waals surface area contributed by atoms with E-state index < -0.39 is 38.2 Å². The molecule has 0 aliphatic carbocycles. The van der Waals surface area contributed by atoms with Gasteiger partial charge in [0, 0.05) is 11.8 Å². The van der Waals surface area contributed by atoms with Gasteiger partial charge in [0.25, 0.3) is 0 Å². The highest BCUT2D eigenvalue weighted by atomic mass is 35.6. The average molecular weight is 556 g/mol. The van der Waals surface area contributed by atoms with Crippen molar-refractivity contribution in [2.45, 2.75) is 15.9 Å². The Labute approximate surface area is 220 Å². The van der Waals surface area contributed by atoms with E-state index in [2.05, 4.69) is 16.0 Å². The molecule has 3 N–H and O–H groups in total. The number of benzene rings is 3. The summed E-state index contributed by atoms with van der Waals surface area (Å²) in [6.45, 7) is 0. The second-order valence-corrected chi connectivity index (χ2v) is 10.0. The predicted molar refractivity (Wildman–Crippen MR) is 139 cm³/mol. The van der Waals surface area contributed by atoms with Gasteiger partial charge in [-0.15, -0.1) is 0 Å². The van der Waals surface area contributed by atoms with E-state index in [4.69, 9.17) is 47.0 Å². The van der Waals surface area contributed by atoms with Crippen LogP contribution in [-0.2, 0) is 4.79 Å². The van der Waals surface area contributed by atoms with Crippen LogP contribution in [0.1, 0.15) is 17.0 Å². The molecule has 0 aliphatic rings. The maximum atomic E-state index is 13.6. The highest BCUT2D eigenvalue weighted by Gasteiger charge is 2.36. The average Bonchev–Trinajstić information content (AvgIpc) is 2.80. The van der Waals surface area contributed by atoms with Crippen LogP contribution in [0.4, 0.5) is 15.8 Å².